The lowest BCUT2D eigenvalue weighted by Crippen LogP contribution is -2.14. The van der Waals surface area contributed by atoms with Gasteiger partial charge in [-0.05, 0) is 17.5 Å². The van der Waals surface area contributed by atoms with E-state index in [2.05, 4.69) is 10.3 Å². The Kier molecular flexibility index (Phi) is 4.45. The highest BCUT2D eigenvalue weighted by atomic mass is 32.1. The molecule has 6 nitrogen and oxygen atoms in total. The van der Waals surface area contributed by atoms with E-state index < -0.39 is 4.92 Å². The van der Waals surface area contributed by atoms with Crippen molar-refractivity contribution in [2.45, 2.75) is 6.42 Å². The summed E-state index contributed by atoms with van der Waals surface area (Å²) in [6.07, 6.45) is 0.130. The summed E-state index contributed by atoms with van der Waals surface area (Å²) < 4.78 is 0. The first-order valence-electron chi connectivity index (χ1n) is 6.64. The van der Waals surface area contributed by atoms with Crippen LogP contribution in [0.4, 0.5) is 11.4 Å². The van der Waals surface area contributed by atoms with Crippen LogP contribution in [0.3, 0.4) is 0 Å². The first kappa shape index (κ1) is 15.3. The molecule has 0 unspecified atom stereocenters. The molecule has 116 valence electrons. The molecule has 0 bridgehead atoms. The van der Waals surface area contributed by atoms with E-state index in [1.165, 1.54) is 29.5 Å². The number of thiophene rings is 1. The van der Waals surface area contributed by atoms with Gasteiger partial charge in [-0.1, -0.05) is 12.1 Å². The Morgan fingerprint density at radius 2 is 2.13 bits per heavy atom. The Morgan fingerprint density at radius 3 is 2.87 bits per heavy atom. The normalized spacial score (nSPS) is 10.4. The number of hydrogen-bond donors (Lipinski definition) is 1. The molecular formula is C15H11N3O3S2. The van der Waals surface area contributed by atoms with E-state index >= 15 is 0 Å². The number of benzene rings is 1. The Hall–Kier alpha value is -2.58. The van der Waals surface area contributed by atoms with Crippen LogP contribution in [0, 0.1) is 10.1 Å². The van der Waals surface area contributed by atoms with Gasteiger partial charge in [-0.15, -0.1) is 22.7 Å². The third-order valence-corrected chi connectivity index (χ3v) is 4.90. The topological polar surface area (TPSA) is 85.1 Å². The maximum Gasteiger partial charge on any atom is 0.271 e. The average molecular weight is 345 g/mol. The summed E-state index contributed by atoms with van der Waals surface area (Å²) in [7, 11) is 0. The van der Waals surface area contributed by atoms with E-state index in [0.717, 1.165) is 9.88 Å². The number of rotatable bonds is 5. The summed E-state index contributed by atoms with van der Waals surface area (Å²) in [5.41, 5.74) is 1.02. The number of carbonyl (C=O) groups is 1. The predicted molar refractivity (Wildman–Crippen MR) is 90.9 cm³/mol. The van der Waals surface area contributed by atoms with Gasteiger partial charge in [-0.2, -0.15) is 0 Å². The highest BCUT2D eigenvalue weighted by Gasteiger charge is 2.11. The van der Waals surface area contributed by atoms with Crippen LogP contribution in [-0.4, -0.2) is 15.8 Å². The fraction of sp³-hybridized carbons (Fsp3) is 0.0667. The quantitative estimate of drug-likeness (QED) is 0.560. The number of aromatic nitrogens is 1. The fourth-order valence-corrected chi connectivity index (χ4v) is 3.60. The van der Waals surface area contributed by atoms with Crippen molar-refractivity contribution in [2.75, 3.05) is 5.32 Å². The van der Waals surface area contributed by atoms with Crippen molar-refractivity contribution >= 4 is 40.0 Å². The Balaban J connectivity index is 1.66. The van der Waals surface area contributed by atoms with Gasteiger partial charge < -0.3 is 5.32 Å². The van der Waals surface area contributed by atoms with Crippen LogP contribution in [0.25, 0.3) is 9.88 Å². The smallest absolute Gasteiger partial charge is 0.271 e. The maximum absolute atomic E-state index is 12.0. The zero-order valence-corrected chi connectivity index (χ0v) is 13.4. The number of nitro groups is 1. The number of nitro benzene ring substituents is 1. The molecule has 0 aliphatic heterocycles. The van der Waals surface area contributed by atoms with Crippen molar-refractivity contribution in [2.24, 2.45) is 0 Å². The molecule has 0 aliphatic carbocycles. The molecule has 0 spiro atoms. The molecule has 2 aromatic heterocycles. The molecule has 8 heteroatoms. The van der Waals surface area contributed by atoms with Crippen LogP contribution in [0.15, 0.2) is 47.2 Å². The van der Waals surface area contributed by atoms with E-state index in [1.54, 1.807) is 17.4 Å². The lowest BCUT2D eigenvalue weighted by molar-refractivity contribution is -0.384. The third-order valence-electron chi connectivity index (χ3n) is 2.97. The van der Waals surface area contributed by atoms with Crippen LogP contribution in [0.2, 0.25) is 0 Å². The molecule has 23 heavy (non-hydrogen) atoms. The van der Waals surface area contributed by atoms with E-state index in [1.807, 2.05) is 22.9 Å². The second-order valence-electron chi connectivity index (χ2n) is 4.65. The summed E-state index contributed by atoms with van der Waals surface area (Å²) in [6.45, 7) is 0. The van der Waals surface area contributed by atoms with Crippen molar-refractivity contribution in [3.63, 3.8) is 0 Å². The second kappa shape index (κ2) is 6.67. The Bertz CT molecular complexity index is 843. The Morgan fingerprint density at radius 1 is 1.26 bits per heavy atom. The number of nitrogens with one attached hydrogen (secondary N) is 1. The number of nitrogens with zero attached hydrogens (tertiary/aromatic N) is 2. The first-order valence-corrected chi connectivity index (χ1v) is 8.40. The van der Waals surface area contributed by atoms with Crippen LogP contribution >= 0.6 is 22.7 Å². The van der Waals surface area contributed by atoms with Gasteiger partial charge in [0.2, 0.25) is 5.91 Å². The standard InChI is InChI=1S/C15H11N3O3S2/c19-14(16-10-3-1-4-12(7-10)18(20)21)8-11-9-23-15(17-11)13-5-2-6-22-13/h1-7,9H,8H2,(H,16,19). The molecule has 2 heterocycles. The number of thiazole rings is 1. The van der Waals surface area contributed by atoms with Gasteiger partial charge in [-0.3, -0.25) is 14.9 Å². The van der Waals surface area contributed by atoms with E-state index in [9.17, 15) is 14.9 Å². The highest BCUT2D eigenvalue weighted by Crippen LogP contribution is 2.28. The van der Waals surface area contributed by atoms with E-state index in [4.69, 9.17) is 0 Å². The van der Waals surface area contributed by atoms with Crippen molar-refractivity contribution in [3.8, 4) is 9.88 Å². The molecule has 0 aliphatic rings. The Labute approximate surface area is 139 Å². The van der Waals surface area contributed by atoms with E-state index in [-0.39, 0.29) is 18.0 Å². The second-order valence-corrected chi connectivity index (χ2v) is 6.46. The summed E-state index contributed by atoms with van der Waals surface area (Å²) in [5, 5.41) is 18.1. The van der Waals surface area contributed by atoms with Gasteiger partial charge in [0.05, 0.1) is 21.9 Å². The van der Waals surface area contributed by atoms with Crippen LogP contribution < -0.4 is 5.32 Å². The summed E-state index contributed by atoms with van der Waals surface area (Å²) in [6, 6.07) is 9.79. The van der Waals surface area contributed by atoms with Gasteiger partial charge >= 0.3 is 0 Å². The minimum atomic E-state index is -0.497. The predicted octanol–water partition coefficient (Wildman–Crippen LogP) is 3.96. The molecule has 3 aromatic rings. The van der Waals surface area contributed by atoms with Crippen LogP contribution in [-0.2, 0) is 11.2 Å². The van der Waals surface area contributed by atoms with E-state index in [0.29, 0.717) is 11.4 Å². The number of anilines is 1. The van der Waals surface area contributed by atoms with Crippen molar-refractivity contribution in [1.29, 1.82) is 0 Å². The first-order chi connectivity index (χ1) is 11.1. The molecule has 0 saturated carbocycles. The highest BCUT2D eigenvalue weighted by molar-refractivity contribution is 7.20. The van der Waals surface area contributed by atoms with Crippen molar-refractivity contribution in [1.82, 2.24) is 4.98 Å². The number of carbonyl (C=O) groups excluding carboxylic acids is 1. The number of hydrogen-bond acceptors (Lipinski definition) is 6. The summed E-state index contributed by atoms with van der Waals surface area (Å²) >= 11 is 3.09. The molecule has 0 atom stereocenters. The maximum atomic E-state index is 12.0. The number of non-ortho nitro benzene ring substituents is 1. The van der Waals surface area contributed by atoms with Gasteiger partial charge in [0, 0.05) is 23.2 Å². The summed E-state index contributed by atoms with van der Waals surface area (Å²) in [4.78, 5) is 27.8. The lowest BCUT2D eigenvalue weighted by Gasteiger charge is -2.03. The third kappa shape index (κ3) is 3.79. The molecule has 1 amide bonds. The molecule has 1 N–H and O–H groups in total. The zero-order valence-electron chi connectivity index (χ0n) is 11.8. The molecule has 3 rings (SSSR count). The van der Waals surface area contributed by atoms with Crippen LogP contribution in [0.1, 0.15) is 5.69 Å². The molecular weight excluding hydrogens is 334 g/mol. The number of amides is 1. The average Bonchev–Trinajstić information content (AvgIpc) is 3.18. The monoisotopic (exact) mass is 345 g/mol. The molecule has 0 fully saturated rings. The molecule has 0 saturated heterocycles. The minimum Gasteiger partial charge on any atom is -0.325 e. The van der Waals surface area contributed by atoms with Gasteiger partial charge in [-0.25, -0.2) is 4.98 Å². The van der Waals surface area contributed by atoms with Crippen LogP contribution in [0.5, 0.6) is 0 Å². The molecule has 1 aromatic carbocycles. The molecule has 0 radical (unpaired) electrons. The van der Waals surface area contributed by atoms with Crippen molar-refractivity contribution in [3.05, 3.63) is 63.0 Å². The SMILES string of the molecule is O=C(Cc1csc(-c2cccs2)n1)Nc1cccc([N+](=O)[O-])c1. The van der Waals surface area contributed by atoms with Gasteiger partial charge in [0.15, 0.2) is 0 Å². The fourth-order valence-electron chi connectivity index (χ4n) is 1.97. The van der Waals surface area contributed by atoms with Gasteiger partial charge in [0.25, 0.3) is 5.69 Å². The van der Waals surface area contributed by atoms with Gasteiger partial charge in [0.1, 0.15) is 5.01 Å². The zero-order chi connectivity index (χ0) is 16.2. The lowest BCUT2D eigenvalue weighted by atomic mass is 10.2. The summed E-state index contributed by atoms with van der Waals surface area (Å²) in [5.74, 6) is -0.256. The van der Waals surface area contributed by atoms with Crippen molar-refractivity contribution < 1.29 is 9.72 Å². The largest absolute Gasteiger partial charge is 0.325 e. The minimum absolute atomic E-state index is 0.0589.